The fraction of sp³-hybridized carbons (Fsp3) is 0.538. The van der Waals surface area contributed by atoms with Gasteiger partial charge in [0.2, 0.25) is 5.91 Å². The van der Waals surface area contributed by atoms with E-state index in [2.05, 4.69) is 17.2 Å². The van der Waals surface area contributed by atoms with Gasteiger partial charge in [-0.2, -0.15) is 0 Å². The average Bonchev–Trinajstić information content (AvgIpc) is 2.74. The predicted octanol–water partition coefficient (Wildman–Crippen LogP) is 1.18. The van der Waals surface area contributed by atoms with Gasteiger partial charge in [0.25, 0.3) is 0 Å². The lowest BCUT2D eigenvalue weighted by atomic mass is 10.2. The Hall–Kier alpha value is -1.42. The molecule has 1 aliphatic rings. The topological polar surface area (TPSA) is 45.2 Å². The molecule has 1 aromatic rings. The number of nitrogens with one attached hydrogen (secondary N) is 1. The van der Waals surface area contributed by atoms with E-state index in [1.807, 2.05) is 23.2 Å². The van der Waals surface area contributed by atoms with Crippen LogP contribution in [0.5, 0.6) is 0 Å². The van der Waals surface area contributed by atoms with Gasteiger partial charge in [-0.1, -0.05) is 6.07 Å². The zero-order valence-electron chi connectivity index (χ0n) is 10.2. The smallest absolute Gasteiger partial charge is 0.222 e. The van der Waals surface area contributed by atoms with Crippen LogP contribution in [0.2, 0.25) is 0 Å². The summed E-state index contributed by atoms with van der Waals surface area (Å²) in [5.74, 6) is 0.292. The van der Waals surface area contributed by atoms with Gasteiger partial charge in [0.15, 0.2) is 0 Å². The quantitative estimate of drug-likeness (QED) is 0.830. The van der Waals surface area contributed by atoms with Gasteiger partial charge in [0.1, 0.15) is 0 Å². The largest absolute Gasteiger partial charge is 0.341 e. The van der Waals surface area contributed by atoms with Gasteiger partial charge in [-0.25, -0.2) is 0 Å². The normalized spacial score (nSPS) is 17.5. The van der Waals surface area contributed by atoms with Gasteiger partial charge in [0.05, 0.1) is 0 Å². The third-order valence-corrected chi connectivity index (χ3v) is 3.04. The van der Waals surface area contributed by atoms with Crippen molar-refractivity contribution >= 4 is 5.91 Å². The lowest BCUT2D eigenvalue weighted by Gasteiger charge is -2.21. The highest BCUT2D eigenvalue weighted by atomic mass is 16.2. The number of nitrogens with zero attached hydrogens (tertiary/aromatic N) is 2. The predicted molar refractivity (Wildman–Crippen MR) is 66.4 cm³/mol. The molecule has 1 amide bonds. The lowest BCUT2D eigenvalue weighted by Crippen LogP contribution is -2.39. The molecular formula is C13H19N3O. The number of amides is 1. The first-order chi connectivity index (χ1) is 8.25. The number of hydrogen-bond donors (Lipinski definition) is 1. The second-order valence-electron chi connectivity index (χ2n) is 4.59. The summed E-state index contributed by atoms with van der Waals surface area (Å²) in [6, 6.07) is 4.30. The average molecular weight is 233 g/mol. The maximum absolute atomic E-state index is 11.5. The summed E-state index contributed by atoms with van der Waals surface area (Å²) in [6.45, 7) is 4.63. The van der Waals surface area contributed by atoms with Crippen molar-refractivity contribution in [2.75, 3.05) is 13.1 Å². The Morgan fingerprint density at radius 3 is 3.12 bits per heavy atom. The Balaban J connectivity index is 1.74. The van der Waals surface area contributed by atoms with Crippen LogP contribution in [0.3, 0.4) is 0 Å². The van der Waals surface area contributed by atoms with E-state index in [-0.39, 0.29) is 0 Å². The van der Waals surface area contributed by atoms with Crippen LogP contribution < -0.4 is 5.32 Å². The van der Waals surface area contributed by atoms with Crippen molar-refractivity contribution in [1.29, 1.82) is 0 Å². The van der Waals surface area contributed by atoms with E-state index >= 15 is 0 Å². The summed E-state index contributed by atoms with van der Waals surface area (Å²) in [7, 11) is 0. The summed E-state index contributed by atoms with van der Waals surface area (Å²) < 4.78 is 0. The first-order valence-corrected chi connectivity index (χ1v) is 6.16. The van der Waals surface area contributed by atoms with Crippen molar-refractivity contribution in [3.05, 3.63) is 30.1 Å². The van der Waals surface area contributed by atoms with Crippen molar-refractivity contribution in [2.45, 2.75) is 32.4 Å². The second kappa shape index (κ2) is 5.77. The van der Waals surface area contributed by atoms with Crippen molar-refractivity contribution in [2.24, 2.45) is 0 Å². The molecule has 0 bridgehead atoms. The molecule has 1 saturated heterocycles. The summed E-state index contributed by atoms with van der Waals surface area (Å²) in [5, 5.41) is 3.41. The minimum atomic E-state index is 0.292. The summed E-state index contributed by atoms with van der Waals surface area (Å²) in [4.78, 5) is 17.5. The molecule has 1 aromatic heterocycles. The maximum atomic E-state index is 11.5. The molecule has 4 nitrogen and oxygen atoms in total. The maximum Gasteiger partial charge on any atom is 0.222 e. The standard InChI is InChI=1S/C13H19N3O/c1-11(10-16-7-3-5-13(16)17)15-9-12-4-2-6-14-8-12/h2,4,6,8,11,15H,3,5,7,9-10H2,1H3. The van der Waals surface area contributed by atoms with Gasteiger partial charge >= 0.3 is 0 Å². The van der Waals surface area contributed by atoms with Crippen LogP contribution in [-0.4, -0.2) is 34.9 Å². The van der Waals surface area contributed by atoms with Crippen LogP contribution in [-0.2, 0) is 11.3 Å². The molecule has 1 aliphatic heterocycles. The van der Waals surface area contributed by atoms with Crippen LogP contribution in [0.1, 0.15) is 25.3 Å². The van der Waals surface area contributed by atoms with Crippen molar-refractivity contribution < 1.29 is 4.79 Å². The number of rotatable bonds is 5. The van der Waals surface area contributed by atoms with Crippen molar-refractivity contribution in [3.63, 3.8) is 0 Å². The van der Waals surface area contributed by atoms with Crippen LogP contribution in [0.15, 0.2) is 24.5 Å². The highest BCUT2D eigenvalue weighted by molar-refractivity contribution is 5.78. The Morgan fingerprint density at radius 1 is 1.59 bits per heavy atom. The highest BCUT2D eigenvalue weighted by Crippen LogP contribution is 2.09. The van der Waals surface area contributed by atoms with E-state index in [1.54, 1.807) is 6.20 Å². The van der Waals surface area contributed by atoms with Gasteiger partial charge in [-0.05, 0) is 25.0 Å². The zero-order chi connectivity index (χ0) is 12.1. The monoisotopic (exact) mass is 233 g/mol. The molecule has 1 fully saturated rings. The molecule has 0 spiro atoms. The molecule has 2 rings (SSSR count). The summed E-state index contributed by atoms with van der Waals surface area (Å²) >= 11 is 0. The number of carbonyl (C=O) groups is 1. The zero-order valence-corrected chi connectivity index (χ0v) is 10.2. The minimum Gasteiger partial charge on any atom is -0.341 e. The Bertz CT molecular complexity index is 366. The summed E-state index contributed by atoms with van der Waals surface area (Å²) in [5.41, 5.74) is 1.17. The first kappa shape index (κ1) is 12.0. The fourth-order valence-corrected chi connectivity index (χ4v) is 2.09. The Morgan fingerprint density at radius 2 is 2.47 bits per heavy atom. The van der Waals surface area contributed by atoms with E-state index in [9.17, 15) is 4.79 Å². The lowest BCUT2D eigenvalue weighted by molar-refractivity contribution is -0.127. The van der Waals surface area contributed by atoms with Gasteiger partial charge in [-0.15, -0.1) is 0 Å². The summed E-state index contributed by atoms with van der Waals surface area (Å²) in [6.07, 6.45) is 5.36. The second-order valence-corrected chi connectivity index (χ2v) is 4.59. The number of hydrogen-bond acceptors (Lipinski definition) is 3. The first-order valence-electron chi connectivity index (χ1n) is 6.16. The van der Waals surface area contributed by atoms with E-state index in [4.69, 9.17) is 0 Å². The van der Waals surface area contributed by atoms with Crippen molar-refractivity contribution in [1.82, 2.24) is 15.2 Å². The number of carbonyl (C=O) groups excluding carboxylic acids is 1. The molecule has 0 aromatic carbocycles. The van der Waals surface area contributed by atoms with E-state index in [0.29, 0.717) is 11.9 Å². The van der Waals surface area contributed by atoms with Gasteiger partial charge < -0.3 is 10.2 Å². The van der Waals surface area contributed by atoms with Gasteiger partial charge in [0, 0.05) is 44.5 Å². The van der Waals surface area contributed by atoms with Crippen LogP contribution in [0, 0.1) is 0 Å². The molecule has 1 N–H and O–H groups in total. The molecule has 92 valence electrons. The fourth-order valence-electron chi connectivity index (χ4n) is 2.09. The van der Waals surface area contributed by atoms with Gasteiger partial charge in [-0.3, -0.25) is 9.78 Å². The molecule has 4 heteroatoms. The number of aromatic nitrogens is 1. The molecule has 2 heterocycles. The SMILES string of the molecule is CC(CN1CCCC1=O)NCc1cccnc1. The van der Waals surface area contributed by atoms with Crippen LogP contribution in [0.25, 0.3) is 0 Å². The molecular weight excluding hydrogens is 214 g/mol. The van der Waals surface area contributed by atoms with E-state index < -0.39 is 0 Å². The molecule has 17 heavy (non-hydrogen) atoms. The Kier molecular flexibility index (Phi) is 4.09. The minimum absolute atomic E-state index is 0.292. The third-order valence-electron chi connectivity index (χ3n) is 3.04. The Labute approximate surface area is 102 Å². The third kappa shape index (κ3) is 3.53. The highest BCUT2D eigenvalue weighted by Gasteiger charge is 2.21. The van der Waals surface area contributed by atoms with E-state index in [0.717, 1.165) is 32.5 Å². The molecule has 0 radical (unpaired) electrons. The molecule has 1 unspecified atom stereocenters. The molecule has 0 aliphatic carbocycles. The number of likely N-dealkylation sites (tertiary alicyclic amines) is 1. The molecule has 0 saturated carbocycles. The van der Waals surface area contributed by atoms with Crippen molar-refractivity contribution in [3.8, 4) is 0 Å². The molecule has 1 atom stereocenters. The van der Waals surface area contributed by atoms with E-state index in [1.165, 1.54) is 5.56 Å². The van der Waals surface area contributed by atoms with Crippen LogP contribution in [0.4, 0.5) is 0 Å². The number of pyridine rings is 1. The van der Waals surface area contributed by atoms with Crippen LogP contribution >= 0.6 is 0 Å².